The van der Waals surface area contributed by atoms with Gasteiger partial charge in [0.1, 0.15) is 0 Å². The molecule has 1 aromatic rings. The second-order valence-corrected chi connectivity index (χ2v) is 4.75. The fourth-order valence-corrected chi connectivity index (χ4v) is 1.53. The zero-order valence-corrected chi connectivity index (χ0v) is 10.7. The van der Waals surface area contributed by atoms with Gasteiger partial charge in [-0.25, -0.2) is 4.79 Å². The highest BCUT2D eigenvalue weighted by Crippen LogP contribution is 2.25. The van der Waals surface area contributed by atoms with Gasteiger partial charge in [-0.05, 0) is 26.0 Å². The van der Waals surface area contributed by atoms with Gasteiger partial charge in [0, 0.05) is 0 Å². The van der Waals surface area contributed by atoms with Crippen LogP contribution in [0.4, 0.5) is 0 Å². The van der Waals surface area contributed by atoms with Gasteiger partial charge in [-0.3, -0.25) is 9.59 Å². The SMILES string of the molecule is C=CC(C)(C)C(=O)ON1C(=O)c2ccccc2C1=O. The summed E-state index contributed by atoms with van der Waals surface area (Å²) in [6, 6.07) is 6.32. The van der Waals surface area contributed by atoms with E-state index >= 15 is 0 Å². The van der Waals surface area contributed by atoms with E-state index in [0.29, 0.717) is 5.06 Å². The smallest absolute Gasteiger partial charge is 0.329 e. The van der Waals surface area contributed by atoms with Gasteiger partial charge >= 0.3 is 5.97 Å². The fraction of sp³-hybridized carbons (Fsp3) is 0.214. The first kappa shape index (κ1) is 13.0. The second kappa shape index (κ2) is 4.35. The van der Waals surface area contributed by atoms with E-state index in [1.165, 1.54) is 18.2 Å². The van der Waals surface area contributed by atoms with Gasteiger partial charge in [0.15, 0.2) is 0 Å². The Balaban J connectivity index is 2.26. The van der Waals surface area contributed by atoms with Crippen LogP contribution in [-0.2, 0) is 9.63 Å². The Kier molecular flexibility index (Phi) is 2.98. The number of imide groups is 1. The van der Waals surface area contributed by atoms with E-state index in [9.17, 15) is 14.4 Å². The molecule has 0 N–H and O–H groups in total. The molecule has 0 aliphatic carbocycles. The van der Waals surface area contributed by atoms with Crippen LogP contribution in [-0.4, -0.2) is 22.8 Å². The monoisotopic (exact) mass is 259 g/mol. The molecule has 0 unspecified atom stereocenters. The van der Waals surface area contributed by atoms with Crippen molar-refractivity contribution in [2.24, 2.45) is 5.41 Å². The molecular formula is C14H13NO4. The van der Waals surface area contributed by atoms with E-state index in [1.807, 2.05) is 0 Å². The van der Waals surface area contributed by atoms with Crippen molar-refractivity contribution in [1.29, 1.82) is 0 Å². The second-order valence-electron chi connectivity index (χ2n) is 4.75. The van der Waals surface area contributed by atoms with Crippen LogP contribution in [0.2, 0.25) is 0 Å². The average Bonchev–Trinajstić information content (AvgIpc) is 2.64. The number of hydrogen-bond acceptors (Lipinski definition) is 4. The van der Waals surface area contributed by atoms with Crippen LogP contribution < -0.4 is 0 Å². The van der Waals surface area contributed by atoms with Gasteiger partial charge in [0.2, 0.25) is 0 Å². The molecule has 1 heterocycles. The topological polar surface area (TPSA) is 63.7 Å². The molecule has 2 rings (SSSR count). The van der Waals surface area contributed by atoms with Crippen molar-refractivity contribution in [2.45, 2.75) is 13.8 Å². The standard InChI is InChI=1S/C14H13NO4/c1-4-14(2,3)13(18)19-15-11(16)9-7-5-6-8-10(9)12(15)17/h4-8H,1H2,2-3H3. The molecule has 19 heavy (non-hydrogen) atoms. The Morgan fingerprint density at radius 2 is 1.68 bits per heavy atom. The summed E-state index contributed by atoms with van der Waals surface area (Å²) in [5.41, 5.74) is -0.511. The average molecular weight is 259 g/mol. The molecular weight excluding hydrogens is 246 g/mol. The highest BCUT2D eigenvalue weighted by molar-refractivity contribution is 6.20. The number of carbonyl (C=O) groups excluding carboxylic acids is 3. The molecule has 1 aliphatic heterocycles. The number of fused-ring (bicyclic) bond motifs is 1. The molecule has 0 bridgehead atoms. The highest BCUT2D eigenvalue weighted by Gasteiger charge is 2.40. The van der Waals surface area contributed by atoms with Crippen molar-refractivity contribution in [3.63, 3.8) is 0 Å². The molecule has 98 valence electrons. The molecule has 0 saturated heterocycles. The molecule has 5 nitrogen and oxygen atoms in total. The zero-order chi connectivity index (χ0) is 14.2. The van der Waals surface area contributed by atoms with Gasteiger partial charge < -0.3 is 4.84 Å². The first-order valence-electron chi connectivity index (χ1n) is 5.72. The molecule has 0 spiro atoms. The van der Waals surface area contributed by atoms with Crippen molar-refractivity contribution < 1.29 is 19.2 Å². The number of rotatable bonds is 3. The lowest BCUT2D eigenvalue weighted by Crippen LogP contribution is -2.37. The third-order valence-electron chi connectivity index (χ3n) is 2.97. The lowest BCUT2D eigenvalue weighted by molar-refractivity contribution is -0.176. The van der Waals surface area contributed by atoms with Crippen molar-refractivity contribution in [3.05, 3.63) is 48.0 Å². The van der Waals surface area contributed by atoms with Crippen LogP contribution in [0.1, 0.15) is 34.6 Å². The van der Waals surface area contributed by atoms with Crippen molar-refractivity contribution in [1.82, 2.24) is 5.06 Å². The predicted molar refractivity (Wildman–Crippen MR) is 67.0 cm³/mol. The highest BCUT2D eigenvalue weighted by atomic mass is 16.7. The maximum atomic E-state index is 12.0. The van der Waals surface area contributed by atoms with E-state index < -0.39 is 23.2 Å². The summed E-state index contributed by atoms with van der Waals surface area (Å²) in [4.78, 5) is 40.7. The van der Waals surface area contributed by atoms with Crippen LogP contribution in [0.3, 0.4) is 0 Å². The van der Waals surface area contributed by atoms with Crippen LogP contribution in [0.5, 0.6) is 0 Å². The van der Waals surface area contributed by atoms with Crippen LogP contribution in [0.25, 0.3) is 0 Å². The number of amides is 2. The number of hydrogen-bond donors (Lipinski definition) is 0. The summed E-state index contributed by atoms with van der Waals surface area (Å²) in [5.74, 6) is -1.97. The summed E-state index contributed by atoms with van der Waals surface area (Å²) in [6.07, 6.45) is 1.40. The summed E-state index contributed by atoms with van der Waals surface area (Å²) >= 11 is 0. The first-order chi connectivity index (χ1) is 8.88. The molecule has 0 radical (unpaired) electrons. The molecule has 0 aromatic heterocycles. The minimum atomic E-state index is -0.977. The van der Waals surface area contributed by atoms with Crippen molar-refractivity contribution in [3.8, 4) is 0 Å². The summed E-state index contributed by atoms with van der Waals surface area (Å²) in [6.45, 7) is 6.68. The Morgan fingerprint density at radius 3 is 2.11 bits per heavy atom. The van der Waals surface area contributed by atoms with Gasteiger partial charge in [-0.15, -0.1) is 6.58 Å². The van der Waals surface area contributed by atoms with E-state index in [4.69, 9.17) is 4.84 Å². The summed E-state index contributed by atoms with van der Waals surface area (Å²) in [7, 11) is 0. The lowest BCUT2D eigenvalue weighted by atomic mass is 9.94. The normalized spacial score (nSPS) is 14.3. The van der Waals surface area contributed by atoms with Crippen LogP contribution >= 0.6 is 0 Å². The number of hydroxylamine groups is 2. The minimum absolute atomic E-state index is 0.233. The zero-order valence-electron chi connectivity index (χ0n) is 10.7. The molecule has 0 fully saturated rings. The van der Waals surface area contributed by atoms with Crippen molar-refractivity contribution in [2.75, 3.05) is 0 Å². The van der Waals surface area contributed by atoms with Crippen LogP contribution in [0, 0.1) is 5.41 Å². The molecule has 0 atom stereocenters. The van der Waals surface area contributed by atoms with Crippen molar-refractivity contribution >= 4 is 17.8 Å². The molecule has 5 heteroatoms. The largest absolute Gasteiger partial charge is 0.342 e. The lowest BCUT2D eigenvalue weighted by Gasteiger charge is -2.20. The summed E-state index contributed by atoms with van der Waals surface area (Å²) in [5, 5.41) is 0.498. The van der Waals surface area contributed by atoms with Crippen LogP contribution in [0.15, 0.2) is 36.9 Å². The Labute approximate surface area is 110 Å². The molecule has 1 aromatic carbocycles. The quantitative estimate of drug-likeness (QED) is 0.614. The Hall–Kier alpha value is -2.43. The maximum Gasteiger partial charge on any atom is 0.342 e. The van der Waals surface area contributed by atoms with E-state index in [2.05, 4.69) is 6.58 Å². The predicted octanol–water partition coefficient (Wildman–Crippen LogP) is 1.95. The molecule has 0 saturated carbocycles. The third-order valence-corrected chi connectivity index (χ3v) is 2.97. The summed E-state index contributed by atoms with van der Waals surface area (Å²) < 4.78 is 0. The maximum absolute atomic E-state index is 12.0. The van der Waals surface area contributed by atoms with E-state index in [1.54, 1.807) is 26.0 Å². The molecule has 1 aliphatic rings. The fourth-order valence-electron chi connectivity index (χ4n) is 1.53. The van der Waals surface area contributed by atoms with Gasteiger partial charge in [-0.1, -0.05) is 23.3 Å². The Morgan fingerprint density at radius 1 is 1.21 bits per heavy atom. The van der Waals surface area contributed by atoms with E-state index in [-0.39, 0.29) is 11.1 Å². The van der Waals surface area contributed by atoms with Gasteiger partial charge in [0.25, 0.3) is 11.8 Å². The van der Waals surface area contributed by atoms with E-state index in [0.717, 1.165) is 0 Å². The number of benzene rings is 1. The minimum Gasteiger partial charge on any atom is -0.329 e. The first-order valence-corrected chi connectivity index (χ1v) is 5.72. The molecule has 2 amide bonds. The van der Waals surface area contributed by atoms with Gasteiger partial charge in [0.05, 0.1) is 16.5 Å². The van der Waals surface area contributed by atoms with Gasteiger partial charge in [-0.2, -0.15) is 0 Å². The number of nitrogens with zero attached hydrogens (tertiary/aromatic N) is 1. The Bertz CT molecular complexity index is 554. The number of carbonyl (C=O) groups is 3. The third kappa shape index (κ3) is 2.03.